The van der Waals surface area contributed by atoms with Crippen LogP contribution in [-0.4, -0.2) is 11.4 Å². The van der Waals surface area contributed by atoms with Gasteiger partial charge < -0.3 is 5.32 Å². The maximum Gasteiger partial charge on any atom is 0.161 e. The lowest BCUT2D eigenvalue weighted by molar-refractivity contribution is 0.623. The summed E-state index contributed by atoms with van der Waals surface area (Å²) in [5, 5.41) is 4.33. The van der Waals surface area contributed by atoms with Gasteiger partial charge in [0.25, 0.3) is 0 Å². The number of rotatable bonds is 2. The van der Waals surface area contributed by atoms with Crippen molar-refractivity contribution in [2.45, 2.75) is 25.3 Å². The van der Waals surface area contributed by atoms with Crippen LogP contribution in [-0.2, 0) is 0 Å². The highest BCUT2D eigenvalue weighted by atomic mass is 32.2. The Morgan fingerprint density at radius 2 is 1.67 bits per heavy atom. The summed E-state index contributed by atoms with van der Waals surface area (Å²) in [7, 11) is 0. The molecule has 0 saturated heterocycles. The van der Waals surface area contributed by atoms with Crippen LogP contribution in [0.2, 0.25) is 0 Å². The fourth-order valence-corrected chi connectivity index (χ4v) is 4.04. The molecule has 2 aromatic carbocycles. The van der Waals surface area contributed by atoms with E-state index in [0.717, 1.165) is 41.3 Å². The van der Waals surface area contributed by atoms with E-state index >= 15 is 0 Å². The molecule has 1 aliphatic heterocycles. The average molecular weight is 382 g/mol. The predicted octanol–water partition coefficient (Wildman–Crippen LogP) is 5.85. The zero-order valence-corrected chi connectivity index (χ0v) is 15.8. The number of aliphatic imine (C=N–C) groups is 1. The predicted molar refractivity (Wildman–Crippen MR) is 108 cm³/mol. The van der Waals surface area contributed by atoms with Crippen molar-refractivity contribution in [3.05, 3.63) is 88.1 Å². The highest BCUT2D eigenvalue weighted by Gasteiger charge is 2.29. The summed E-state index contributed by atoms with van der Waals surface area (Å²) in [4.78, 5) is 4.85. The van der Waals surface area contributed by atoms with Gasteiger partial charge in [0.2, 0.25) is 0 Å². The minimum Gasteiger partial charge on any atom is -0.335 e. The molecule has 1 atom stereocenters. The van der Waals surface area contributed by atoms with Gasteiger partial charge in [-0.2, -0.15) is 0 Å². The van der Waals surface area contributed by atoms with E-state index in [4.69, 9.17) is 4.99 Å². The second-order valence-electron chi connectivity index (χ2n) is 6.69. The molecule has 0 aromatic heterocycles. The third-order valence-corrected chi connectivity index (χ3v) is 5.53. The Balaban J connectivity index is 1.76. The highest BCUT2D eigenvalue weighted by molar-refractivity contribution is 8.13. The molecule has 1 N–H and O–H groups in total. The molecular formula is C22H20F2N2S. The topological polar surface area (TPSA) is 24.4 Å². The maximum absolute atomic E-state index is 13.4. The van der Waals surface area contributed by atoms with Gasteiger partial charge in [-0.05, 0) is 78.1 Å². The molecule has 1 heterocycles. The van der Waals surface area contributed by atoms with E-state index in [2.05, 4.69) is 11.4 Å². The van der Waals surface area contributed by atoms with Crippen molar-refractivity contribution in [2.75, 3.05) is 6.26 Å². The quantitative estimate of drug-likeness (QED) is 0.705. The smallest absolute Gasteiger partial charge is 0.161 e. The molecule has 4 rings (SSSR count). The minimum atomic E-state index is -0.239. The largest absolute Gasteiger partial charge is 0.335 e. The van der Waals surface area contributed by atoms with Gasteiger partial charge in [0, 0.05) is 5.70 Å². The van der Waals surface area contributed by atoms with Crippen molar-refractivity contribution >= 4 is 23.0 Å². The van der Waals surface area contributed by atoms with E-state index < -0.39 is 0 Å². The van der Waals surface area contributed by atoms with Crippen LogP contribution < -0.4 is 5.32 Å². The Bertz CT molecular complexity index is 928. The fraction of sp³-hybridized carbons (Fsp3) is 0.227. The van der Waals surface area contributed by atoms with E-state index in [-0.39, 0.29) is 17.7 Å². The molecule has 138 valence electrons. The molecule has 0 spiro atoms. The number of nitrogens with zero attached hydrogens (tertiary/aromatic N) is 1. The molecule has 5 heteroatoms. The van der Waals surface area contributed by atoms with Crippen molar-refractivity contribution in [2.24, 2.45) is 4.99 Å². The number of allylic oxidation sites excluding steroid dienone is 1. The molecular weight excluding hydrogens is 362 g/mol. The zero-order chi connectivity index (χ0) is 18.8. The molecule has 2 aliphatic rings. The van der Waals surface area contributed by atoms with E-state index in [1.54, 1.807) is 23.9 Å². The highest BCUT2D eigenvalue weighted by Crippen LogP contribution is 2.41. The number of hydrogen-bond acceptors (Lipinski definition) is 3. The number of nitrogens with one attached hydrogen (secondary N) is 1. The molecule has 0 saturated carbocycles. The van der Waals surface area contributed by atoms with E-state index in [1.807, 2.05) is 18.4 Å². The third-order valence-electron chi connectivity index (χ3n) is 4.93. The Hall–Kier alpha value is -2.40. The molecule has 0 bridgehead atoms. The van der Waals surface area contributed by atoms with Gasteiger partial charge in [-0.25, -0.2) is 13.8 Å². The Morgan fingerprint density at radius 3 is 2.33 bits per heavy atom. The minimum absolute atomic E-state index is 0.0961. The molecule has 0 amide bonds. The SMILES string of the molecule is CSC1=N[C@H](c2ccc(F)cc2)C2=C(N1)/C(=C/c1ccc(F)cc1)CCC2. The first kappa shape index (κ1) is 18.0. The van der Waals surface area contributed by atoms with Gasteiger partial charge in [0.1, 0.15) is 17.7 Å². The molecule has 0 unspecified atom stereocenters. The zero-order valence-electron chi connectivity index (χ0n) is 15.0. The van der Waals surface area contributed by atoms with Crippen LogP contribution in [0, 0.1) is 11.6 Å². The van der Waals surface area contributed by atoms with Crippen LogP contribution in [0.5, 0.6) is 0 Å². The summed E-state index contributed by atoms with van der Waals surface area (Å²) in [5.74, 6) is -0.471. The van der Waals surface area contributed by atoms with Crippen LogP contribution in [0.25, 0.3) is 6.08 Å². The lowest BCUT2D eigenvalue weighted by atomic mass is 9.84. The Morgan fingerprint density at radius 1 is 1.00 bits per heavy atom. The summed E-state index contributed by atoms with van der Waals surface area (Å²) < 4.78 is 26.6. The van der Waals surface area contributed by atoms with Gasteiger partial charge in [-0.1, -0.05) is 36.0 Å². The fourth-order valence-electron chi connectivity index (χ4n) is 3.62. The van der Waals surface area contributed by atoms with Crippen LogP contribution in [0.4, 0.5) is 8.78 Å². The summed E-state index contributed by atoms with van der Waals surface area (Å²) in [6.45, 7) is 0. The standard InChI is InChI=1S/C22H20F2N2S/c1-27-22-25-20(15-7-11-18(24)12-8-15)19-4-2-3-16(21(19)26-22)13-14-5-9-17(23)10-6-14/h5-13,20H,2-4H2,1H3,(H,25,26)/b16-13+/t20-/m1/s1. The lowest BCUT2D eigenvalue weighted by Crippen LogP contribution is -2.30. The van der Waals surface area contributed by atoms with Gasteiger partial charge in [-0.15, -0.1) is 0 Å². The van der Waals surface area contributed by atoms with Gasteiger partial charge in [-0.3, -0.25) is 0 Å². The second-order valence-corrected chi connectivity index (χ2v) is 7.49. The summed E-state index contributed by atoms with van der Waals surface area (Å²) in [6, 6.07) is 13.1. The first-order valence-electron chi connectivity index (χ1n) is 8.98. The van der Waals surface area contributed by atoms with Crippen LogP contribution in [0.3, 0.4) is 0 Å². The number of hydrogen-bond donors (Lipinski definition) is 1. The average Bonchev–Trinajstić information content (AvgIpc) is 2.70. The van der Waals surface area contributed by atoms with Gasteiger partial charge >= 0.3 is 0 Å². The van der Waals surface area contributed by atoms with Crippen LogP contribution in [0.1, 0.15) is 36.4 Å². The molecule has 0 radical (unpaired) electrons. The van der Waals surface area contributed by atoms with Crippen LogP contribution in [0.15, 0.2) is 70.4 Å². The first-order valence-corrected chi connectivity index (χ1v) is 10.2. The van der Waals surface area contributed by atoms with E-state index in [1.165, 1.54) is 35.4 Å². The monoisotopic (exact) mass is 382 g/mol. The Kier molecular flexibility index (Phi) is 5.12. The Labute approximate surface area is 162 Å². The summed E-state index contributed by atoms with van der Waals surface area (Å²) in [5.41, 5.74) is 5.53. The molecule has 0 fully saturated rings. The normalized spacial score (nSPS) is 20.9. The van der Waals surface area contributed by atoms with Crippen molar-refractivity contribution in [1.82, 2.24) is 5.32 Å². The number of halogens is 2. The van der Waals surface area contributed by atoms with E-state index in [9.17, 15) is 8.78 Å². The lowest BCUT2D eigenvalue weighted by Gasteiger charge is -2.32. The summed E-state index contributed by atoms with van der Waals surface area (Å²) >= 11 is 1.57. The van der Waals surface area contributed by atoms with Crippen molar-refractivity contribution in [3.8, 4) is 0 Å². The van der Waals surface area contributed by atoms with Crippen molar-refractivity contribution < 1.29 is 8.78 Å². The van der Waals surface area contributed by atoms with Gasteiger partial charge in [0.15, 0.2) is 5.17 Å². The van der Waals surface area contributed by atoms with E-state index in [0.29, 0.717) is 0 Å². The molecule has 27 heavy (non-hydrogen) atoms. The number of thioether (sulfide) groups is 1. The number of amidine groups is 1. The molecule has 1 aliphatic carbocycles. The molecule has 2 aromatic rings. The summed E-state index contributed by atoms with van der Waals surface area (Å²) in [6.07, 6.45) is 7.06. The molecule has 2 nitrogen and oxygen atoms in total. The van der Waals surface area contributed by atoms with Crippen molar-refractivity contribution in [1.29, 1.82) is 0 Å². The second kappa shape index (κ2) is 7.69. The van der Waals surface area contributed by atoms with Gasteiger partial charge in [0.05, 0.1) is 0 Å². The third kappa shape index (κ3) is 3.83. The maximum atomic E-state index is 13.4. The van der Waals surface area contributed by atoms with Crippen LogP contribution >= 0.6 is 11.8 Å². The first-order chi connectivity index (χ1) is 13.1. The van der Waals surface area contributed by atoms with Crippen molar-refractivity contribution in [3.63, 3.8) is 0 Å². The number of benzene rings is 2.